The smallest absolute Gasteiger partial charge is 0.122 e. The lowest BCUT2D eigenvalue weighted by atomic mass is 9.94. The molecule has 0 saturated heterocycles. The Morgan fingerprint density at radius 3 is 2.53 bits per heavy atom. The van der Waals surface area contributed by atoms with Crippen LogP contribution in [0, 0.1) is 19.8 Å². The minimum atomic E-state index is 0.598. The SMILES string of the molecule is CC/C=C\C(C)Cc1ccc(OCCC)c(C)c1C. The molecule has 1 heteroatoms. The maximum absolute atomic E-state index is 5.78. The molecule has 106 valence electrons. The van der Waals surface area contributed by atoms with Crippen molar-refractivity contribution in [2.24, 2.45) is 5.92 Å². The van der Waals surface area contributed by atoms with E-state index >= 15 is 0 Å². The fraction of sp³-hybridized carbons (Fsp3) is 0.556. The summed E-state index contributed by atoms with van der Waals surface area (Å²) in [6.07, 6.45) is 7.85. The molecule has 0 aromatic heterocycles. The fourth-order valence-electron chi connectivity index (χ4n) is 2.22. The number of benzene rings is 1. The van der Waals surface area contributed by atoms with Crippen molar-refractivity contribution in [1.82, 2.24) is 0 Å². The molecular weight excluding hydrogens is 232 g/mol. The number of allylic oxidation sites excluding steroid dienone is 2. The molecule has 19 heavy (non-hydrogen) atoms. The first-order valence-electron chi connectivity index (χ1n) is 7.48. The van der Waals surface area contributed by atoms with Gasteiger partial charge >= 0.3 is 0 Å². The lowest BCUT2D eigenvalue weighted by Crippen LogP contribution is -2.03. The van der Waals surface area contributed by atoms with Crippen molar-refractivity contribution in [1.29, 1.82) is 0 Å². The molecule has 0 aliphatic rings. The van der Waals surface area contributed by atoms with Gasteiger partial charge in [0.05, 0.1) is 6.61 Å². The summed E-state index contributed by atoms with van der Waals surface area (Å²) in [4.78, 5) is 0. The van der Waals surface area contributed by atoms with Crippen molar-refractivity contribution >= 4 is 0 Å². The predicted octanol–water partition coefficient (Wildman–Crippen LogP) is 5.24. The van der Waals surface area contributed by atoms with E-state index < -0.39 is 0 Å². The third-order valence-electron chi connectivity index (χ3n) is 3.55. The van der Waals surface area contributed by atoms with Crippen molar-refractivity contribution in [3.05, 3.63) is 41.0 Å². The van der Waals surface area contributed by atoms with Crippen molar-refractivity contribution in [3.8, 4) is 5.75 Å². The van der Waals surface area contributed by atoms with E-state index in [-0.39, 0.29) is 0 Å². The summed E-state index contributed by atoms with van der Waals surface area (Å²) < 4.78 is 5.78. The van der Waals surface area contributed by atoms with Crippen molar-refractivity contribution < 1.29 is 4.74 Å². The summed E-state index contributed by atoms with van der Waals surface area (Å²) in [6, 6.07) is 4.35. The van der Waals surface area contributed by atoms with E-state index in [1.54, 1.807) is 0 Å². The molecule has 0 N–H and O–H groups in total. The van der Waals surface area contributed by atoms with Gasteiger partial charge in [-0.2, -0.15) is 0 Å². The van der Waals surface area contributed by atoms with Gasteiger partial charge in [0.15, 0.2) is 0 Å². The molecular formula is C18H28O. The minimum absolute atomic E-state index is 0.598. The molecule has 0 fully saturated rings. The van der Waals surface area contributed by atoms with Gasteiger partial charge in [0, 0.05) is 0 Å². The van der Waals surface area contributed by atoms with Crippen LogP contribution in [0.1, 0.15) is 50.3 Å². The first kappa shape index (κ1) is 15.8. The second kappa shape index (κ2) is 8.04. The lowest BCUT2D eigenvalue weighted by molar-refractivity contribution is 0.315. The highest BCUT2D eigenvalue weighted by Crippen LogP contribution is 2.26. The quantitative estimate of drug-likeness (QED) is 0.609. The maximum atomic E-state index is 5.78. The van der Waals surface area contributed by atoms with Gasteiger partial charge in [0.1, 0.15) is 5.75 Å². The second-order valence-electron chi connectivity index (χ2n) is 5.34. The zero-order chi connectivity index (χ0) is 14.3. The minimum Gasteiger partial charge on any atom is -0.493 e. The van der Waals surface area contributed by atoms with Crippen LogP contribution >= 0.6 is 0 Å². The van der Waals surface area contributed by atoms with Crippen LogP contribution in [0.4, 0.5) is 0 Å². The zero-order valence-electron chi connectivity index (χ0n) is 13.1. The monoisotopic (exact) mass is 260 g/mol. The van der Waals surface area contributed by atoms with E-state index in [1.807, 2.05) is 0 Å². The van der Waals surface area contributed by atoms with Gasteiger partial charge < -0.3 is 4.74 Å². The summed E-state index contributed by atoms with van der Waals surface area (Å²) in [7, 11) is 0. The highest BCUT2D eigenvalue weighted by Gasteiger charge is 2.09. The Balaban J connectivity index is 2.81. The molecule has 1 rings (SSSR count). The van der Waals surface area contributed by atoms with Crippen LogP contribution in [0.25, 0.3) is 0 Å². The second-order valence-corrected chi connectivity index (χ2v) is 5.34. The Kier molecular flexibility index (Phi) is 6.69. The lowest BCUT2D eigenvalue weighted by Gasteiger charge is -2.15. The summed E-state index contributed by atoms with van der Waals surface area (Å²) in [6.45, 7) is 11.8. The van der Waals surface area contributed by atoms with Crippen LogP contribution in [0.2, 0.25) is 0 Å². The molecule has 1 aromatic carbocycles. The summed E-state index contributed by atoms with van der Waals surface area (Å²) in [5.74, 6) is 1.64. The highest BCUT2D eigenvalue weighted by atomic mass is 16.5. The Labute approximate surface area is 118 Å². The fourth-order valence-corrected chi connectivity index (χ4v) is 2.22. The third-order valence-corrected chi connectivity index (χ3v) is 3.55. The Morgan fingerprint density at radius 2 is 1.89 bits per heavy atom. The van der Waals surface area contributed by atoms with E-state index in [1.165, 1.54) is 16.7 Å². The summed E-state index contributed by atoms with van der Waals surface area (Å²) in [5, 5.41) is 0. The molecule has 1 atom stereocenters. The zero-order valence-corrected chi connectivity index (χ0v) is 13.1. The molecule has 0 amide bonds. The molecule has 0 radical (unpaired) electrons. The van der Waals surface area contributed by atoms with Crippen LogP contribution in [-0.2, 0) is 6.42 Å². The van der Waals surface area contributed by atoms with Crippen LogP contribution in [0.3, 0.4) is 0 Å². The van der Waals surface area contributed by atoms with E-state index in [2.05, 4.69) is 58.9 Å². The van der Waals surface area contributed by atoms with Crippen LogP contribution in [0.5, 0.6) is 5.75 Å². The van der Waals surface area contributed by atoms with Crippen molar-refractivity contribution in [2.75, 3.05) is 6.61 Å². The van der Waals surface area contributed by atoms with Crippen LogP contribution < -0.4 is 4.74 Å². The molecule has 1 unspecified atom stereocenters. The van der Waals surface area contributed by atoms with Crippen LogP contribution in [-0.4, -0.2) is 6.61 Å². The first-order valence-corrected chi connectivity index (χ1v) is 7.48. The predicted molar refractivity (Wildman–Crippen MR) is 84.0 cm³/mol. The number of hydrogen-bond donors (Lipinski definition) is 0. The number of rotatable bonds is 7. The average Bonchev–Trinajstić information content (AvgIpc) is 2.41. The average molecular weight is 260 g/mol. The Morgan fingerprint density at radius 1 is 1.16 bits per heavy atom. The van der Waals surface area contributed by atoms with Crippen LogP contribution in [0.15, 0.2) is 24.3 Å². The maximum Gasteiger partial charge on any atom is 0.122 e. The number of ether oxygens (including phenoxy) is 1. The van der Waals surface area contributed by atoms with Gasteiger partial charge in [-0.05, 0) is 61.8 Å². The first-order chi connectivity index (χ1) is 9.10. The molecule has 0 spiro atoms. The summed E-state index contributed by atoms with van der Waals surface area (Å²) in [5.41, 5.74) is 4.11. The van der Waals surface area contributed by atoms with Gasteiger partial charge in [0.2, 0.25) is 0 Å². The molecule has 0 aliphatic heterocycles. The van der Waals surface area contributed by atoms with Gasteiger partial charge in [-0.1, -0.05) is 39.0 Å². The van der Waals surface area contributed by atoms with E-state index in [4.69, 9.17) is 4.74 Å². The Hall–Kier alpha value is -1.24. The third kappa shape index (κ3) is 4.74. The molecule has 0 heterocycles. The number of hydrogen-bond acceptors (Lipinski definition) is 1. The van der Waals surface area contributed by atoms with Crippen molar-refractivity contribution in [2.45, 2.75) is 53.9 Å². The molecule has 1 aromatic rings. The van der Waals surface area contributed by atoms with E-state index in [0.29, 0.717) is 5.92 Å². The summed E-state index contributed by atoms with van der Waals surface area (Å²) >= 11 is 0. The van der Waals surface area contributed by atoms with Gasteiger partial charge in [-0.25, -0.2) is 0 Å². The largest absolute Gasteiger partial charge is 0.493 e. The van der Waals surface area contributed by atoms with Gasteiger partial charge in [-0.3, -0.25) is 0 Å². The van der Waals surface area contributed by atoms with Crippen molar-refractivity contribution in [3.63, 3.8) is 0 Å². The Bertz CT molecular complexity index is 418. The highest BCUT2D eigenvalue weighted by molar-refractivity contribution is 5.43. The molecule has 0 aliphatic carbocycles. The van der Waals surface area contributed by atoms with Gasteiger partial charge in [-0.15, -0.1) is 0 Å². The van der Waals surface area contributed by atoms with Gasteiger partial charge in [0.25, 0.3) is 0 Å². The molecule has 0 bridgehead atoms. The van der Waals surface area contributed by atoms with E-state index in [0.717, 1.165) is 31.6 Å². The molecule has 0 saturated carbocycles. The normalized spacial score (nSPS) is 12.9. The standard InChI is InChI=1S/C18H28O/c1-6-8-9-14(3)13-17-10-11-18(19-12-7-2)16(5)15(17)4/h8-11,14H,6-7,12-13H2,1-5H3/b9-8-. The van der Waals surface area contributed by atoms with E-state index in [9.17, 15) is 0 Å². The molecule has 1 nitrogen and oxygen atoms in total. The topological polar surface area (TPSA) is 9.23 Å².